The highest BCUT2D eigenvalue weighted by Gasteiger charge is 2.22. The summed E-state index contributed by atoms with van der Waals surface area (Å²) in [6.45, 7) is 3.57. The van der Waals surface area contributed by atoms with Crippen molar-refractivity contribution in [2.24, 2.45) is 5.73 Å². The van der Waals surface area contributed by atoms with Crippen LogP contribution < -0.4 is 11.1 Å². The van der Waals surface area contributed by atoms with Crippen molar-refractivity contribution in [3.05, 3.63) is 22.4 Å². The number of hydrogen-bond acceptors (Lipinski definition) is 5. The molecule has 0 saturated heterocycles. The molecule has 0 aromatic carbocycles. The standard InChI is InChI=1S/C11H16N2O3S/c1-3-16-11(15)7(2)13-10(14)9(12)8-5-4-6-17-8/h4-7,9H,3,12H2,1-2H3,(H,13,14). The van der Waals surface area contributed by atoms with Crippen molar-refractivity contribution in [1.82, 2.24) is 5.32 Å². The highest BCUT2D eigenvalue weighted by molar-refractivity contribution is 7.10. The van der Waals surface area contributed by atoms with Gasteiger partial charge in [-0.3, -0.25) is 4.79 Å². The van der Waals surface area contributed by atoms with Crippen molar-refractivity contribution < 1.29 is 14.3 Å². The molecule has 0 radical (unpaired) electrons. The number of nitrogens with one attached hydrogen (secondary N) is 1. The normalized spacial score (nSPS) is 13.8. The lowest BCUT2D eigenvalue weighted by atomic mass is 10.2. The van der Waals surface area contributed by atoms with Crippen molar-refractivity contribution >= 4 is 23.2 Å². The molecule has 0 fully saturated rings. The maximum absolute atomic E-state index is 11.7. The first-order chi connectivity index (χ1) is 8.06. The lowest BCUT2D eigenvalue weighted by Crippen LogP contribution is -2.43. The van der Waals surface area contributed by atoms with Gasteiger partial charge in [0, 0.05) is 4.88 Å². The molecule has 0 saturated carbocycles. The molecule has 6 heteroatoms. The van der Waals surface area contributed by atoms with Crippen LogP contribution in [0.4, 0.5) is 0 Å². The van der Waals surface area contributed by atoms with Crippen molar-refractivity contribution in [2.75, 3.05) is 6.61 Å². The van der Waals surface area contributed by atoms with Crippen molar-refractivity contribution in [3.8, 4) is 0 Å². The fourth-order valence-corrected chi connectivity index (χ4v) is 1.95. The van der Waals surface area contributed by atoms with Crippen LogP contribution in [0.1, 0.15) is 24.8 Å². The highest BCUT2D eigenvalue weighted by atomic mass is 32.1. The van der Waals surface area contributed by atoms with E-state index in [4.69, 9.17) is 10.5 Å². The van der Waals surface area contributed by atoms with Crippen molar-refractivity contribution in [2.45, 2.75) is 25.9 Å². The zero-order chi connectivity index (χ0) is 12.8. The Hall–Kier alpha value is -1.40. The van der Waals surface area contributed by atoms with Gasteiger partial charge in [-0.25, -0.2) is 4.79 Å². The molecule has 1 aromatic rings. The summed E-state index contributed by atoms with van der Waals surface area (Å²) in [4.78, 5) is 23.8. The molecule has 3 N–H and O–H groups in total. The van der Waals surface area contributed by atoms with Crippen LogP contribution in [0.3, 0.4) is 0 Å². The fourth-order valence-electron chi connectivity index (χ4n) is 1.23. The maximum Gasteiger partial charge on any atom is 0.328 e. The van der Waals surface area contributed by atoms with Crippen LogP contribution in [-0.4, -0.2) is 24.5 Å². The van der Waals surface area contributed by atoms with Gasteiger partial charge in [0.05, 0.1) is 6.61 Å². The minimum absolute atomic E-state index is 0.288. The van der Waals surface area contributed by atoms with Crippen LogP contribution in [0, 0.1) is 0 Å². The van der Waals surface area contributed by atoms with Crippen LogP contribution in [0.25, 0.3) is 0 Å². The molecule has 5 nitrogen and oxygen atoms in total. The van der Waals surface area contributed by atoms with Gasteiger partial charge in [-0.2, -0.15) is 0 Å². The van der Waals surface area contributed by atoms with E-state index in [2.05, 4.69) is 5.32 Å². The molecular weight excluding hydrogens is 240 g/mol. The molecule has 1 rings (SSSR count). The monoisotopic (exact) mass is 256 g/mol. The van der Waals surface area contributed by atoms with Gasteiger partial charge in [0.1, 0.15) is 12.1 Å². The average Bonchev–Trinajstić information content (AvgIpc) is 2.81. The Labute approximate surface area is 104 Å². The lowest BCUT2D eigenvalue weighted by molar-refractivity contribution is -0.147. The quantitative estimate of drug-likeness (QED) is 0.764. The molecule has 0 spiro atoms. The lowest BCUT2D eigenvalue weighted by Gasteiger charge is -2.15. The van der Waals surface area contributed by atoms with E-state index in [1.54, 1.807) is 19.9 Å². The van der Waals surface area contributed by atoms with E-state index in [0.717, 1.165) is 4.88 Å². The summed E-state index contributed by atoms with van der Waals surface area (Å²) < 4.78 is 4.78. The summed E-state index contributed by atoms with van der Waals surface area (Å²) in [6.07, 6.45) is 0. The Balaban J connectivity index is 2.52. The van der Waals surface area contributed by atoms with E-state index >= 15 is 0 Å². The van der Waals surface area contributed by atoms with E-state index in [0.29, 0.717) is 0 Å². The summed E-state index contributed by atoms with van der Waals surface area (Å²) in [5.74, 6) is -0.841. The van der Waals surface area contributed by atoms with Gasteiger partial charge in [0.15, 0.2) is 0 Å². The third-order valence-corrected chi connectivity index (χ3v) is 3.09. The van der Waals surface area contributed by atoms with Gasteiger partial charge in [-0.15, -0.1) is 11.3 Å². The predicted molar refractivity (Wildman–Crippen MR) is 65.5 cm³/mol. The fraction of sp³-hybridized carbons (Fsp3) is 0.455. The number of nitrogens with two attached hydrogens (primary N) is 1. The molecular formula is C11H16N2O3S. The van der Waals surface area contributed by atoms with Crippen LogP contribution in [-0.2, 0) is 14.3 Å². The number of thiophene rings is 1. The van der Waals surface area contributed by atoms with Gasteiger partial charge in [0.25, 0.3) is 0 Å². The minimum Gasteiger partial charge on any atom is -0.464 e. The number of hydrogen-bond donors (Lipinski definition) is 2. The van der Waals surface area contributed by atoms with E-state index in [1.165, 1.54) is 11.3 Å². The molecule has 1 amide bonds. The SMILES string of the molecule is CCOC(=O)C(C)NC(=O)C(N)c1cccs1. The molecule has 1 heterocycles. The number of rotatable bonds is 5. The largest absolute Gasteiger partial charge is 0.464 e. The van der Waals surface area contributed by atoms with E-state index < -0.39 is 18.1 Å². The summed E-state index contributed by atoms with van der Waals surface area (Å²) in [7, 11) is 0. The summed E-state index contributed by atoms with van der Waals surface area (Å²) in [5.41, 5.74) is 5.75. The smallest absolute Gasteiger partial charge is 0.328 e. The Bertz CT molecular complexity index is 378. The van der Waals surface area contributed by atoms with E-state index in [1.807, 2.05) is 11.4 Å². The maximum atomic E-state index is 11.7. The van der Waals surface area contributed by atoms with Crippen molar-refractivity contribution in [1.29, 1.82) is 0 Å². The van der Waals surface area contributed by atoms with Gasteiger partial charge in [-0.1, -0.05) is 6.07 Å². The Morgan fingerprint density at radius 2 is 2.29 bits per heavy atom. The Kier molecular flexibility index (Phi) is 5.11. The highest BCUT2D eigenvalue weighted by Crippen LogP contribution is 2.16. The average molecular weight is 256 g/mol. The number of amides is 1. The van der Waals surface area contributed by atoms with E-state index in [9.17, 15) is 9.59 Å². The molecule has 1 aromatic heterocycles. The first kappa shape index (κ1) is 13.7. The van der Waals surface area contributed by atoms with Gasteiger partial charge < -0.3 is 15.8 Å². The molecule has 94 valence electrons. The molecule has 0 bridgehead atoms. The first-order valence-electron chi connectivity index (χ1n) is 5.32. The number of esters is 1. The van der Waals surface area contributed by atoms with Gasteiger partial charge in [0.2, 0.25) is 5.91 Å². The van der Waals surface area contributed by atoms with Crippen LogP contribution in [0.5, 0.6) is 0 Å². The van der Waals surface area contributed by atoms with Crippen LogP contribution >= 0.6 is 11.3 Å². The number of carbonyl (C=O) groups is 2. The molecule has 0 aliphatic carbocycles. The molecule has 0 aliphatic heterocycles. The summed E-state index contributed by atoms with van der Waals surface area (Å²) >= 11 is 1.40. The number of ether oxygens (including phenoxy) is 1. The Morgan fingerprint density at radius 1 is 1.59 bits per heavy atom. The van der Waals surface area contributed by atoms with Crippen molar-refractivity contribution in [3.63, 3.8) is 0 Å². The van der Waals surface area contributed by atoms with Gasteiger partial charge in [-0.05, 0) is 25.3 Å². The molecule has 2 unspecified atom stereocenters. The zero-order valence-corrected chi connectivity index (χ0v) is 10.6. The molecule has 0 aliphatic rings. The summed E-state index contributed by atoms with van der Waals surface area (Å²) in [5, 5.41) is 4.37. The predicted octanol–water partition coefficient (Wildman–Crippen LogP) is 0.816. The molecule has 17 heavy (non-hydrogen) atoms. The molecule has 2 atom stereocenters. The first-order valence-corrected chi connectivity index (χ1v) is 6.20. The zero-order valence-electron chi connectivity index (χ0n) is 9.80. The topological polar surface area (TPSA) is 81.4 Å². The second kappa shape index (κ2) is 6.36. The third kappa shape index (κ3) is 3.83. The van der Waals surface area contributed by atoms with Crippen LogP contribution in [0.2, 0.25) is 0 Å². The van der Waals surface area contributed by atoms with Crippen LogP contribution in [0.15, 0.2) is 17.5 Å². The third-order valence-electron chi connectivity index (χ3n) is 2.13. The number of carbonyl (C=O) groups excluding carboxylic acids is 2. The Morgan fingerprint density at radius 3 is 2.82 bits per heavy atom. The summed E-state index contributed by atoms with van der Waals surface area (Å²) in [6, 6.07) is 2.17. The minimum atomic E-state index is -0.744. The second-order valence-corrected chi connectivity index (χ2v) is 4.45. The second-order valence-electron chi connectivity index (χ2n) is 3.48. The van der Waals surface area contributed by atoms with E-state index in [-0.39, 0.29) is 12.5 Å². The van der Waals surface area contributed by atoms with Gasteiger partial charge >= 0.3 is 5.97 Å².